The third-order valence-corrected chi connectivity index (χ3v) is 6.76. The molecule has 36 heavy (non-hydrogen) atoms. The Bertz CT molecular complexity index is 1330. The van der Waals surface area contributed by atoms with E-state index >= 15 is 0 Å². The summed E-state index contributed by atoms with van der Waals surface area (Å²) in [5, 5.41) is 0. The van der Waals surface area contributed by atoms with E-state index in [2.05, 4.69) is 4.98 Å². The molecule has 1 fully saturated rings. The smallest absolute Gasteiger partial charge is 0.410 e. The van der Waals surface area contributed by atoms with Crippen LogP contribution in [0.4, 0.5) is 4.79 Å². The summed E-state index contributed by atoms with van der Waals surface area (Å²) < 4.78 is 22.9. The molecule has 1 aromatic heterocycles. The summed E-state index contributed by atoms with van der Waals surface area (Å²) in [6.07, 6.45) is 1.99. The zero-order valence-electron chi connectivity index (χ0n) is 19.5. The number of hydrogen-bond acceptors (Lipinski definition) is 7. The molecule has 6 rings (SSSR count). The van der Waals surface area contributed by atoms with Crippen LogP contribution >= 0.6 is 0 Å². The van der Waals surface area contributed by atoms with Gasteiger partial charge in [0.1, 0.15) is 12.3 Å². The van der Waals surface area contributed by atoms with E-state index in [1.54, 1.807) is 23.2 Å². The van der Waals surface area contributed by atoms with E-state index in [4.69, 9.17) is 18.9 Å². The molecule has 4 heterocycles. The Labute approximate surface area is 208 Å². The topological polar surface area (TPSA) is 87.2 Å². The lowest BCUT2D eigenvalue weighted by Crippen LogP contribution is -2.50. The number of Topliss-reactive ketones (excluding diaryl/α,β-unsaturated/α-hetero) is 1. The van der Waals surface area contributed by atoms with Gasteiger partial charge in [0.25, 0.3) is 0 Å². The largest absolute Gasteiger partial charge is 0.476 e. The highest BCUT2D eigenvalue weighted by Gasteiger charge is 2.52. The maximum absolute atomic E-state index is 13.9. The van der Waals surface area contributed by atoms with Crippen molar-refractivity contribution in [3.05, 3.63) is 89.7 Å². The maximum atomic E-state index is 13.9. The van der Waals surface area contributed by atoms with Gasteiger partial charge in [-0.05, 0) is 35.4 Å². The Hall–Kier alpha value is -4.33. The van der Waals surface area contributed by atoms with Crippen LogP contribution in [0.1, 0.15) is 29.7 Å². The maximum Gasteiger partial charge on any atom is 0.410 e. The molecule has 0 N–H and O–H groups in total. The van der Waals surface area contributed by atoms with Crippen molar-refractivity contribution in [1.82, 2.24) is 9.88 Å². The fourth-order valence-corrected chi connectivity index (χ4v) is 4.81. The summed E-state index contributed by atoms with van der Waals surface area (Å²) in [5.41, 5.74) is 1.60. The van der Waals surface area contributed by atoms with Crippen molar-refractivity contribution in [2.75, 3.05) is 19.9 Å². The molecule has 3 aliphatic heterocycles. The SMILES string of the molecule is O=C(OCc1ccccc1)N1CCC2(CC1)OC(c1ccccn1)=C(c1ccc3c(c1)OCO3)C2=O. The fraction of sp³-hybridized carbons (Fsp3) is 0.250. The van der Waals surface area contributed by atoms with E-state index in [-0.39, 0.29) is 19.2 Å². The van der Waals surface area contributed by atoms with Gasteiger partial charge in [-0.2, -0.15) is 0 Å². The zero-order valence-corrected chi connectivity index (χ0v) is 19.5. The first-order valence-electron chi connectivity index (χ1n) is 11.9. The van der Waals surface area contributed by atoms with E-state index in [0.29, 0.717) is 60.0 Å². The lowest BCUT2D eigenvalue weighted by molar-refractivity contribution is -0.131. The molecule has 182 valence electrons. The number of likely N-dealkylation sites (tertiary alicyclic amines) is 1. The van der Waals surface area contributed by atoms with Crippen molar-refractivity contribution in [2.45, 2.75) is 25.0 Å². The molecule has 1 amide bonds. The molecule has 0 unspecified atom stereocenters. The minimum atomic E-state index is -1.06. The van der Waals surface area contributed by atoms with E-state index in [0.717, 1.165) is 5.56 Å². The second-order valence-corrected chi connectivity index (χ2v) is 8.94. The van der Waals surface area contributed by atoms with Crippen molar-refractivity contribution in [3.63, 3.8) is 0 Å². The minimum Gasteiger partial charge on any atom is -0.476 e. The molecule has 0 atom stereocenters. The number of ether oxygens (including phenoxy) is 4. The first-order valence-corrected chi connectivity index (χ1v) is 11.9. The van der Waals surface area contributed by atoms with E-state index in [9.17, 15) is 9.59 Å². The molecule has 8 nitrogen and oxygen atoms in total. The predicted molar refractivity (Wildman–Crippen MR) is 130 cm³/mol. The summed E-state index contributed by atoms with van der Waals surface area (Å²) in [5.74, 6) is 1.56. The van der Waals surface area contributed by atoms with E-state index < -0.39 is 11.7 Å². The number of piperidine rings is 1. The molecule has 1 saturated heterocycles. The second-order valence-electron chi connectivity index (χ2n) is 8.94. The van der Waals surface area contributed by atoms with Gasteiger partial charge in [-0.1, -0.05) is 42.5 Å². The Morgan fingerprint density at radius 3 is 2.53 bits per heavy atom. The number of rotatable bonds is 4. The Morgan fingerprint density at radius 2 is 1.75 bits per heavy atom. The number of nitrogens with zero attached hydrogens (tertiary/aromatic N) is 2. The molecular formula is C28H24N2O6. The summed E-state index contributed by atoms with van der Waals surface area (Å²) in [6.45, 7) is 1.05. The van der Waals surface area contributed by atoms with Crippen LogP contribution < -0.4 is 9.47 Å². The van der Waals surface area contributed by atoms with Gasteiger partial charge in [0, 0.05) is 32.1 Å². The number of benzene rings is 2. The number of amides is 1. The third-order valence-electron chi connectivity index (χ3n) is 6.76. The van der Waals surface area contributed by atoms with Gasteiger partial charge >= 0.3 is 6.09 Å². The number of aromatic nitrogens is 1. The molecule has 0 bridgehead atoms. The molecule has 0 saturated carbocycles. The Kier molecular flexibility index (Phi) is 5.56. The number of carbonyl (C=O) groups excluding carboxylic acids is 2. The van der Waals surface area contributed by atoms with Crippen molar-refractivity contribution < 1.29 is 28.5 Å². The number of fused-ring (bicyclic) bond motifs is 1. The fourth-order valence-electron chi connectivity index (χ4n) is 4.81. The molecule has 3 aromatic rings. The summed E-state index contributed by atoms with van der Waals surface area (Å²) >= 11 is 0. The first-order chi connectivity index (χ1) is 17.6. The van der Waals surface area contributed by atoms with Crippen molar-refractivity contribution in [3.8, 4) is 11.5 Å². The zero-order chi connectivity index (χ0) is 24.5. The summed E-state index contributed by atoms with van der Waals surface area (Å²) in [6, 6.07) is 20.5. The number of hydrogen-bond donors (Lipinski definition) is 0. The highest BCUT2D eigenvalue weighted by Crippen LogP contribution is 2.47. The van der Waals surface area contributed by atoms with Crippen LogP contribution in [0.5, 0.6) is 11.5 Å². The van der Waals surface area contributed by atoms with Gasteiger partial charge in [-0.3, -0.25) is 9.78 Å². The predicted octanol–water partition coefficient (Wildman–Crippen LogP) is 4.45. The monoisotopic (exact) mass is 484 g/mol. The Balaban J connectivity index is 1.22. The Morgan fingerprint density at radius 1 is 0.972 bits per heavy atom. The molecule has 8 heteroatoms. The van der Waals surface area contributed by atoms with Crippen LogP contribution in [0, 0.1) is 0 Å². The first kappa shape index (κ1) is 22.2. The van der Waals surface area contributed by atoms with Gasteiger partial charge in [-0.15, -0.1) is 0 Å². The third kappa shape index (κ3) is 3.94. The standard InChI is InChI=1S/C28H24N2O6/c31-26-24(20-9-10-22-23(16-20)35-18-34-22)25(21-8-4-5-13-29-21)36-28(26)11-14-30(15-12-28)27(32)33-17-19-6-2-1-3-7-19/h1-10,13,16H,11-12,14-15,17-18H2. The van der Waals surface area contributed by atoms with Crippen LogP contribution in [0.2, 0.25) is 0 Å². The van der Waals surface area contributed by atoms with Crippen molar-refractivity contribution >= 4 is 23.2 Å². The second kappa shape index (κ2) is 9.03. The van der Waals surface area contributed by atoms with Crippen LogP contribution in [-0.4, -0.2) is 47.2 Å². The molecule has 0 radical (unpaired) electrons. The number of carbonyl (C=O) groups is 2. The lowest BCUT2D eigenvalue weighted by atomic mass is 9.83. The summed E-state index contributed by atoms with van der Waals surface area (Å²) in [4.78, 5) is 32.7. The van der Waals surface area contributed by atoms with Crippen molar-refractivity contribution in [1.29, 1.82) is 0 Å². The van der Waals surface area contributed by atoms with Gasteiger partial charge in [0.2, 0.25) is 12.6 Å². The highest BCUT2D eigenvalue weighted by atomic mass is 16.7. The highest BCUT2D eigenvalue weighted by molar-refractivity contribution is 6.32. The van der Waals surface area contributed by atoms with E-state index in [1.165, 1.54) is 0 Å². The van der Waals surface area contributed by atoms with Gasteiger partial charge in [0.05, 0.1) is 5.57 Å². The lowest BCUT2D eigenvalue weighted by Gasteiger charge is -2.37. The average molecular weight is 485 g/mol. The van der Waals surface area contributed by atoms with Gasteiger partial charge in [0.15, 0.2) is 22.9 Å². The van der Waals surface area contributed by atoms with E-state index in [1.807, 2.05) is 54.6 Å². The van der Waals surface area contributed by atoms with Crippen LogP contribution in [-0.2, 0) is 20.9 Å². The molecular weight excluding hydrogens is 460 g/mol. The summed E-state index contributed by atoms with van der Waals surface area (Å²) in [7, 11) is 0. The number of ketones is 1. The van der Waals surface area contributed by atoms with Crippen LogP contribution in [0.15, 0.2) is 72.9 Å². The molecule has 0 aliphatic carbocycles. The average Bonchev–Trinajstić information content (AvgIpc) is 3.51. The minimum absolute atomic E-state index is 0.112. The molecule has 1 spiro atoms. The number of pyridine rings is 1. The van der Waals surface area contributed by atoms with Gasteiger partial charge < -0.3 is 23.8 Å². The molecule has 3 aliphatic rings. The molecule has 2 aromatic carbocycles. The van der Waals surface area contributed by atoms with Crippen molar-refractivity contribution in [2.24, 2.45) is 0 Å². The van der Waals surface area contributed by atoms with Crippen LogP contribution in [0.25, 0.3) is 11.3 Å². The normalized spacial score (nSPS) is 17.9. The van der Waals surface area contributed by atoms with Crippen LogP contribution in [0.3, 0.4) is 0 Å². The quantitative estimate of drug-likeness (QED) is 0.541. The van der Waals surface area contributed by atoms with Gasteiger partial charge in [-0.25, -0.2) is 4.79 Å².